The first-order valence-corrected chi connectivity index (χ1v) is 6.85. The summed E-state index contributed by atoms with van der Waals surface area (Å²) in [7, 11) is 0. The van der Waals surface area contributed by atoms with Crippen LogP contribution in [0.25, 0.3) is 0 Å². The van der Waals surface area contributed by atoms with Gasteiger partial charge in [-0.15, -0.1) is 0 Å². The Morgan fingerprint density at radius 1 is 1.10 bits per heavy atom. The van der Waals surface area contributed by atoms with E-state index in [1.165, 1.54) is 12.1 Å². The number of piperazine rings is 1. The van der Waals surface area contributed by atoms with Gasteiger partial charge >= 0.3 is 0 Å². The van der Waals surface area contributed by atoms with Crippen molar-refractivity contribution in [2.75, 3.05) is 26.2 Å². The smallest absolute Gasteiger partial charge is 0.130 e. The van der Waals surface area contributed by atoms with Gasteiger partial charge in [-0.05, 0) is 19.9 Å². The van der Waals surface area contributed by atoms with Crippen molar-refractivity contribution in [1.82, 2.24) is 9.80 Å². The number of nitriles is 1. The molecular formula is C15H19F2N3. The van der Waals surface area contributed by atoms with Gasteiger partial charge in [-0.2, -0.15) is 5.26 Å². The van der Waals surface area contributed by atoms with Crippen LogP contribution in [-0.2, 0) is 0 Å². The molecule has 0 aromatic heterocycles. The minimum atomic E-state index is -0.550. The molecule has 3 nitrogen and oxygen atoms in total. The van der Waals surface area contributed by atoms with Crippen LogP contribution in [0.3, 0.4) is 0 Å². The maximum atomic E-state index is 13.8. The van der Waals surface area contributed by atoms with Crippen molar-refractivity contribution in [2.24, 2.45) is 0 Å². The monoisotopic (exact) mass is 279 g/mol. The second-order valence-corrected chi connectivity index (χ2v) is 5.22. The van der Waals surface area contributed by atoms with Crippen molar-refractivity contribution in [3.05, 3.63) is 35.4 Å². The Bertz CT molecular complexity index is 504. The molecule has 0 amide bonds. The molecule has 0 unspecified atom stereocenters. The minimum Gasteiger partial charge on any atom is -0.294 e. The van der Waals surface area contributed by atoms with E-state index in [-0.39, 0.29) is 12.1 Å². The third-order valence-electron chi connectivity index (χ3n) is 4.04. The predicted octanol–water partition coefficient (Wildman–Crippen LogP) is 2.56. The zero-order valence-electron chi connectivity index (χ0n) is 11.8. The van der Waals surface area contributed by atoms with Gasteiger partial charge in [-0.25, -0.2) is 8.78 Å². The van der Waals surface area contributed by atoms with Crippen molar-refractivity contribution >= 4 is 0 Å². The molecule has 1 aliphatic heterocycles. The number of halogens is 2. The molecule has 0 saturated carbocycles. The number of benzene rings is 1. The van der Waals surface area contributed by atoms with Crippen molar-refractivity contribution in [2.45, 2.75) is 25.9 Å². The lowest BCUT2D eigenvalue weighted by molar-refractivity contribution is 0.0906. The highest BCUT2D eigenvalue weighted by atomic mass is 19.1. The molecule has 1 aromatic rings. The molecule has 2 atom stereocenters. The zero-order chi connectivity index (χ0) is 14.7. The molecule has 20 heavy (non-hydrogen) atoms. The number of hydrogen-bond donors (Lipinski definition) is 0. The normalized spacial score (nSPS) is 20.4. The molecule has 0 spiro atoms. The number of hydrogen-bond acceptors (Lipinski definition) is 3. The SMILES string of the molecule is C[C@H](c1ccc(F)cc1F)N1CCN([C@@H](C)C#N)CC1. The van der Waals surface area contributed by atoms with E-state index in [2.05, 4.69) is 15.9 Å². The van der Waals surface area contributed by atoms with E-state index in [1.807, 2.05) is 13.8 Å². The maximum absolute atomic E-state index is 13.8. The summed E-state index contributed by atoms with van der Waals surface area (Å²) in [5, 5.41) is 8.91. The second kappa shape index (κ2) is 6.29. The van der Waals surface area contributed by atoms with E-state index in [9.17, 15) is 8.78 Å². The molecule has 1 heterocycles. The first kappa shape index (κ1) is 14.9. The summed E-state index contributed by atoms with van der Waals surface area (Å²) in [5.74, 6) is -1.04. The molecule has 1 aliphatic rings. The minimum absolute atomic E-state index is 0.0878. The van der Waals surface area contributed by atoms with Gasteiger partial charge in [0.2, 0.25) is 0 Å². The highest BCUT2D eigenvalue weighted by Crippen LogP contribution is 2.24. The van der Waals surface area contributed by atoms with Crippen LogP contribution >= 0.6 is 0 Å². The molecule has 1 saturated heterocycles. The Labute approximate surface area is 118 Å². The summed E-state index contributed by atoms with van der Waals surface area (Å²) in [6.45, 7) is 6.97. The fraction of sp³-hybridized carbons (Fsp3) is 0.533. The number of rotatable bonds is 3. The van der Waals surface area contributed by atoms with Gasteiger partial charge < -0.3 is 0 Å². The Kier molecular flexibility index (Phi) is 4.69. The summed E-state index contributed by atoms with van der Waals surface area (Å²) in [6, 6.07) is 5.79. The predicted molar refractivity (Wildman–Crippen MR) is 73.0 cm³/mol. The van der Waals surface area contributed by atoms with E-state index in [0.29, 0.717) is 5.56 Å². The van der Waals surface area contributed by atoms with E-state index < -0.39 is 11.6 Å². The van der Waals surface area contributed by atoms with Gasteiger partial charge in [0.25, 0.3) is 0 Å². The van der Waals surface area contributed by atoms with Crippen LogP contribution in [0.15, 0.2) is 18.2 Å². The quantitative estimate of drug-likeness (QED) is 0.852. The Morgan fingerprint density at radius 2 is 1.70 bits per heavy atom. The highest BCUT2D eigenvalue weighted by Gasteiger charge is 2.25. The van der Waals surface area contributed by atoms with E-state index >= 15 is 0 Å². The fourth-order valence-electron chi connectivity index (χ4n) is 2.63. The average molecular weight is 279 g/mol. The van der Waals surface area contributed by atoms with Crippen LogP contribution in [0, 0.1) is 23.0 Å². The van der Waals surface area contributed by atoms with Crippen LogP contribution in [-0.4, -0.2) is 42.0 Å². The molecule has 1 fully saturated rings. The topological polar surface area (TPSA) is 30.3 Å². The van der Waals surface area contributed by atoms with Crippen LogP contribution in [0.2, 0.25) is 0 Å². The van der Waals surface area contributed by atoms with Crippen LogP contribution in [0.4, 0.5) is 8.78 Å². The molecule has 1 aromatic carbocycles. The van der Waals surface area contributed by atoms with E-state index in [4.69, 9.17) is 5.26 Å². The van der Waals surface area contributed by atoms with Gasteiger partial charge in [0, 0.05) is 43.9 Å². The van der Waals surface area contributed by atoms with E-state index in [0.717, 1.165) is 32.2 Å². The zero-order valence-corrected chi connectivity index (χ0v) is 11.8. The molecule has 108 valence electrons. The van der Waals surface area contributed by atoms with Crippen molar-refractivity contribution in [3.8, 4) is 6.07 Å². The van der Waals surface area contributed by atoms with Crippen molar-refractivity contribution in [1.29, 1.82) is 5.26 Å². The summed E-state index contributed by atoms with van der Waals surface area (Å²) in [6.07, 6.45) is 0. The molecule has 0 aliphatic carbocycles. The largest absolute Gasteiger partial charge is 0.294 e. The van der Waals surface area contributed by atoms with Crippen molar-refractivity contribution in [3.63, 3.8) is 0 Å². The standard InChI is InChI=1S/C15H19F2N3/c1-11(10-18)19-5-7-20(8-6-19)12(2)14-4-3-13(16)9-15(14)17/h3-4,9,11-12H,5-8H2,1-2H3/t11-,12+/m0/s1. The molecule has 5 heteroatoms. The third-order valence-corrected chi connectivity index (χ3v) is 4.04. The molecule has 0 bridgehead atoms. The summed E-state index contributed by atoms with van der Waals surface area (Å²) < 4.78 is 26.7. The van der Waals surface area contributed by atoms with Gasteiger partial charge in [0.1, 0.15) is 11.6 Å². The molecular weight excluding hydrogens is 260 g/mol. The molecule has 0 radical (unpaired) electrons. The van der Waals surface area contributed by atoms with Gasteiger partial charge in [0.05, 0.1) is 12.1 Å². The Morgan fingerprint density at radius 3 is 2.25 bits per heavy atom. The lowest BCUT2D eigenvalue weighted by Gasteiger charge is -2.39. The lowest BCUT2D eigenvalue weighted by atomic mass is 10.0. The van der Waals surface area contributed by atoms with Crippen molar-refractivity contribution < 1.29 is 8.78 Å². The summed E-state index contributed by atoms with van der Waals surface area (Å²) in [4.78, 5) is 4.28. The summed E-state index contributed by atoms with van der Waals surface area (Å²) in [5.41, 5.74) is 0.521. The number of nitrogens with zero attached hydrogens (tertiary/aromatic N) is 3. The maximum Gasteiger partial charge on any atom is 0.130 e. The van der Waals surface area contributed by atoms with E-state index in [1.54, 1.807) is 0 Å². The van der Waals surface area contributed by atoms with Crippen LogP contribution < -0.4 is 0 Å². The second-order valence-electron chi connectivity index (χ2n) is 5.22. The van der Waals surface area contributed by atoms with Crippen LogP contribution in [0.5, 0.6) is 0 Å². The Hall–Kier alpha value is -1.51. The van der Waals surface area contributed by atoms with Crippen LogP contribution in [0.1, 0.15) is 25.5 Å². The average Bonchev–Trinajstić information content (AvgIpc) is 2.46. The van der Waals surface area contributed by atoms with Gasteiger partial charge in [-0.1, -0.05) is 6.07 Å². The lowest BCUT2D eigenvalue weighted by Crippen LogP contribution is -2.49. The van der Waals surface area contributed by atoms with Gasteiger partial charge in [0.15, 0.2) is 0 Å². The first-order valence-electron chi connectivity index (χ1n) is 6.85. The third kappa shape index (κ3) is 3.14. The molecule has 0 N–H and O–H groups in total. The fourth-order valence-corrected chi connectivity index (χ4v) is 2.63. The van der Waals surface area contributed by atoms with Gasteiger partial charge in [-0.3, -0.25) is 9.80 Å². The summed E-state index contributed by atoms with van der Waals surface area (Å²) >= 11 is 0. The highest BCUT2D eigenvalue weighted by molar-refractivity contribution is 5.22. The first-order chi connectivity index (χ1) is 9.52. The molecule has 2 rings (SSSR count). The Balaban J connectivity index is 2.01.